The zero-order chi connectivity index (χ0) is 17.2. The first-order valence-corrected chi connectivity index (χ1v) is 8.24. The number of hydrogen-bond donors (Lipinski definition) is 1. The van der Waals surface area contributed by atoms with Crippen LogP contribution in [-0.2, 0) is 4.79 Å². The van der Waals surface area contributed by atoms with Gasteiger partial charge in [0.2, 0.25) is 12.7 Å². The third-order valence-electron chi connectivity index (χ3n) is 4.46. The highest BCUT2D eigenvalue weighted by molar-refractivity contribution is 5.96. The van der Waals surface area contributed by atoms with E-state index in [1.54, 1.807) is 23.1 Å². The molecule has 6 nitrogen and oxygen atoms in total. The van der Waals surface area contributed by atoms with E-state index < -0.39 is 0 Å². The Bertz CT molecular complexity index is 806. The Morgan fingerprint density at radius 1 is 1.12 bits per heavy atom. The van der Waals surface area contributed by atoms with Crippen LogP contribution in [0.1, 0.15) is 16.8 Å². The second-order valence-corrected chi connectivity index (χ2v) is 6.19. The number of nitrogens with one attached hydrogen (secondary N) is 1. The van der Waals surface area contributed by atoms with Crippen LogP contribution in [-0.4, -0.2) is 31.7 Å². The first-order chi connectivity index (χ1) is 12.2. The average Bonchev–Trinajstić information content (AvgIpc) is 3.26. The van der Waals surface area contributed by atoms with E-state index in [2.05, 4.69) is 5.32 Å². The van der Waals surface area contributed by atoms with E-state index in [0.29, 0.717) is 36.6 Å². The maximum absolute atomic E-state index is 12.3. The Labute approximate surface area is 145 Å². The highest BCUT2D eigenvalue weighted by Crippen LogP contribution is 2.32. The molecule has 1 unspecified atom stereocenters. The van der Waals surface area contributed by atoms with Gasteiger partial charge in [-0.1, -0.05) is 18.2 Å². The van der Waals surface area contributed by atoms with Gasteiger partial charge in [0.15, 0.2) is 11.5 Å². The molecule has 2 aliphatic rings. The van der Waals surface area contributed by atoms with Crippen LogP contribution in [0.2, 0.25) is 0 Å². The Morgan fingerprint density at radius 3 is 2.76 bits per heavy atom. The standard InChI is InChI=1S/C19H18N2O4/c22-18-8-13(11-21(18)15-4-2-1-3-5-15)10-20-19(23)14-6-7-16-17(9-14)25-12-24-16/h1-7,9,13H,8,10-12H2,(H,20,23). The highest BCUT2D eigenvalue weighted by Gasteiger charge is 2.30. The van der Waals surface area contributed by atoms with Crippen molar-refractivity contribution in [2.45, 2.75) is 6.42 Å². The lowest BCUT2D eigenvalue weighted by atomic mass is 10.1. The fourth-order valence-corrected chi connectivity index (χ4v) is 3.15. The minimum Gasteiger partial charge on any atom is -0.454 e. The number of amides is 2. The van der Waals surface area contributed by atoms with Gasteiger partial charge in [-0.2, -0.15) is 0 Å². The van der Waals surface area contributed by atoms with E-state index in [1.807, 2.05) is 30.3 Å². The average molecular weight is 338 g/mol. The van der Waals surface area contributed by atoms with Crippen molar-refractivity contribution in [3.8, 4) is 11.5 Å². The summed E-state index contributed by atoms with van der Waals surface area (Å²) in [7, 11) is 0. The van der Waals surface area contributed by atoms with E-state index in [1.165, 1.54) is 0 Å². The van der Waals surface area contributed by atoms with E-state index in [-0.39, 0.29) is 24.5 Å². The molecule has 0 spiro atoms. The maximum atomic E-state index is 12.3. The molecule has 0 aliphatic carbocycles. The first kappa shape index (κ1) is 15.5. The molecule has 2 amide bonds. The van der Waals surface area contributed by atoms with Gasteiger partial charge >= 0.3 is 0 Å². The van der Waals surface area contributed by atoms with Gasteiger partial charge in [-0.25, -0.2) is 0 Å². The van der Waals surface area contributed by atoms with Gasteiger partial charge in [0.25, 0.3) is 5.91 Å². The van der Waals surface area contributed by atoms with Crippen molar-refractivity contribution in [3.63, 3.8) is 0 Å². The number of carbonyl (C=O) groups is 2. The van der Waals surface area contributed by atoms with Crippen molar-refractivity contribution in [1.29, 1.82) is 0 Å². The quantitative estimate of drug-likeness (QED) is 0.928. The maximum Gasteiger partial charge on any atom is 0.251 e. The number of nitrogens with zero attached hydrogens (tertiary/aromatic N) is 1. The molecule has 2 aliphatic heterocycles. The topological polar surface area (TPSA) is 67.9 Å². The zero-order valence-electron chi connectivity index (χ0n) is 13.6. The van der Waals surface area contributed by atoms with Crippen LogP contribution >= 0.6 is 0 Å². The van der Waals surface area contributed by atoms with Crippen molar-refractivity contribution >= 4 is 17.5 Å². The summed E-state index contributed by atoms with van der Waals surface area (Å²) in [5.74, 6) is 1.25. The Balaban J connectivity index is 1.36. The predicted molar refractivity (Wildman–Crippen MR) is 91.8 cm³/mol. The molecule has 128 valence electrons. The molecule has 2 aromatic carbocycles. The Hall–Kier alpha value is -3.02. The molecule has 4 rings (SSSR count). The van der Waals surface area contributed by atoms with Gasteiger partial charge in [-0.3, -0.25) is 9.59 Å². The third-order valence-corrected chi connectivity index (χ3v) is 4.46. The SMILES string of the molecule is O=C(NCC1CC(=O)N(c2ccccc2)C1)c1ccc2c(c1)OCO2. The van der Waals surface area contributed by atoms with Crippen molar-refractivity contribution in [1.82, 2.24) is 5.32 Å². The second-order valence-electron chi connectivity index (χ2n) is 6.19. The molecule has 1 fully saturated rings. The molecule has 0 radical (unpaired) electrons. The van der Waals surface area contributed by atoms with Gasteiger partial charge in [0.1, 0.15) is 0 Å². The number of rotatable bonds is 4. The monoisotopic (exact) mass is 338 g/mol. The number of hydrogen-bond acceptors (Lipinski definition) is 4. The van der Waals surface area contributed by atoms with Gasteiger partial charge in [0.05, 0.1) is 0 Å². The van der Waals surface area contributed by atoms with Crippen LogP contribution in [0.25, 0.3) is 0 Å². The molecule has 1 atom stereocenters. The lowest BCUT2D eigenvalue weighted by molar-refractivity contribution is -0.117. The van der Waals surface area contributed by atoms with Crippen molar-refractivity contribution in [3.05, 3.63) is 54.1 Å². The minimum atomic E-state index is -0.177. The molecule has 6 heteroatoms. The fraction of sp³-hybridized carbons (Fsp3) is 0.263. The first-order valence-electron chi connectivity index (χ1n) is 8.24. The van der Waals surface area contributed by atoms with Gasteiger partial charge in [0, 0.05) is 36.7 Å². The summed E-state index contributed by atoms with van der Waals surface area (Å²) >= 11 is 0. The van der Waals surface area contributed by atoms with Crippen molar-refractivity contribution < 1.29 is 19.1 Å². The van der Waals surface area contributed by atoms with Crippen molar-refractivity contribution in [2.75, 3.05) is 24.8 Å². The predicted octanol–water partition coefficient (Wildman–Crippen LogP) is 2.20. The van der Waals surface area contributed by atoms with E-state index >= 15 is 0 Å². The molecule has 1 N–H and O–H groups in total. The summed E-state index contributed by atoms with van der Waals surface area (Å²) in [6.07, 6.45) is 0.441. The number of anilines is 1. The number of ether oxygens (including phenoxy) is 2. The molecule has 2 heterocycles. The number of para-hydroxylation sites is 1. The fourth-order valence-electron chi connectivity index (χ4n) is 3.15. The number of carbonyl (C=O) groups excluding carboxylic acids is 2. The zero-order valence-corrected chi connectivity index (χ0v) is 13.6. The molecular formula is C19H18N2O4. The Morgan fingerprint density at radius 2 is 1.92 bits per heavy atom. The molecular weight excluding hydrogens is 320 g/mol. The smallest absolute Gasteiger partial charge is 0.251 e. The summed E-state index contributed by atoms with van der Waals surface area (Å²) in [4.78, 5) is 26.3. The third kappa shape index (κ3) is 3.15. The largest absolute Gasteiger partial charge is 0.454 e. The van der Waals surface area contributed by atoms with Crippen LogP contribution in [0.3, 0.4) is 0 Å². The van der Waals surface area contributed by atoms with E-state index in [9.17, 15) is 9.59 Å². The van der Waals surface area contributed by atoms with Crippen molar-refractivity contribution in [2.24, 2.45) is 5.92 Å². The molecule has 25 heavy (non-hydrogen) atoms. The molecule has 1 saturated heterocycles. The summed E-state index contributed by atoms with van der Waals surface area (Å²) in [5.41, 5.74) is 1.42. The lowest BCUT2D eigenvalue weighted by Crippen LogP contribution is -2.31. The lowest BCUT2D eigenvalue weighted by Gasteiger charge is -2.16. The Kier molecular flexibility index (Phi) is 4.01. The molecule has 0 saturated carbocycles. The summed E-state index contributed by atoms with van der Waals surface area (Å²) < 4.78 is 10.5. The summed E-state index contributed by atoms with van der Waals surface area (Å²) in [6, 6.07) is 14.7. The van der Waals surface area contributed by atoms with Crippen LogP contribution in [0.4, 0.5) is 5.69 Å². The van der Waals surface area contributed by atoms with Gasteiger partial charge in [-0.15, -0.1) is 0 Å². The molecule has 2 aromatic rings. The van der Waals surface area contributed by atoms with Crippen LogP contribution < -0.4 is 19.7 Å². The highest BCUT2D eigenvalue weighted by atomic mass is 16.7. The number of benzene rings is 2. The van der Waals surface area contributed by atoms with Gasteiger partial charge < -0.3 is 19.7 Å². The van der Waals surface area contributed by atoms with E-state index in [4.69, 9.17) is 9.47 Å². The second kappa shape index (κ2) is 6.47. The minimum absolute atomic E-state index is 0.0912. The number of fused-ring (bicyclic) bond motifs is 1. The van der Waals surface area contributed by atoms with Crippen LogP contribution in [0.5, 0.6) is 11.5 Å². The summed E-state index contributed by atoms with van der Waals surface area (Å²) in [5, 5.41) is 2.91. The normalized spacial score (nSPS) is 18.5. The summed E-state index contributed by atoms with van der Waals surface area (Å²) in [6.45, 7) is 1.26. The van der Waals surface area contributed by atoms with E-state index in [0.717, 1.165) is 5.69 Å². The van der Waals surface area contributed by atoms with Crippen LogP contribution in [0, 0.1) is 5.92 Å². The van der Waals surface area contributed by atoms with Gasteiger partial charge in [-0.05, 0) is 30.3 Å². The molecule has 0 bridgehead atoms. The molecule has 0 aromatic heterocycles. The van der Waals surface area contributed by atoms with Crippen LogP contribution in [0.15, 0.2) is 48.5 Å².